The summed E-state index contributed by atoms with van der Waals surface area (Å²) < 4.78 is 13.2. The van der Waals surface area contributed by atoms with Crippen LogP contribution in [-0.2, 0) is 4.79 Å². The molecule has 7 heteroatoms. The standard InChI is InChI=1S/C23H29FN2O3S/c1-4-15(5-2)22(28)26-13-12-23(3,29)20(19(26)18-7-6-14-30-18)25-21(27)16-8-10-17(24)11-9-16/h6-11,14-15,19-20,29H,4-5,12-13H2,1-3H3,(H,25,27)/t19-,20-,23+/m0/s1. The van der Waals surface area contributed by atoms with Crippen molar-refractivity contribution < 1.29 is 19.1 Å². The van der Waals surface area contributed by atoms with E-state index in [4.69, 9.17) is 0 Å². The number of rotatable bonds is 6. The number of halogens is 1. The first-order valence-electron chi connectivity index (χ1n) is 10.4. The normalized spacial score (nSPS) is 24.1. The lowest BCUT2D eigenvalue weighted by Gasteiger charge is -2.49. The third kappa shape index (κ3) is 4.57. The molecule has 5 nitrogen and oxygen atoms in total. The van der Waals surface area contributed by atoms with E-state index in [0.717, 1.165) is 17.7 Å². The first kappa shape index (κ1) is 22.4. The first-order chi connectivity index (χ1) is 14.3. The monoisotopic (exact) mass is 432 g/mol. The molecule has 1 aliphatic rings. The minimum Gasteiger partial charge on any atom is -0.388 e. The van der Waals surface area contributed by atoms with Gasteiger partial charge >= 0.3 is 0 Å². The average molecular weight is 433 g/mol. The van der Waals surface area contributed by atoms with Crippen LogP contribution in [0.5, 0.6) is 0 Å². The van der Waals surface area contributed by atoms with Crippen molar-refractivity contribution in [3.05, 3.63) is 58.0 Å². The minimum atomic E-state index is -1.20. The molecule has 0 saturated carbocycles. The molecule has 1 aromatic carbocycles. The molecule has 0 unspecified atom stereocenters. The van der Waals surface area contributed by atoms with Gasteiger partial charge in [-0.05, 0) is 61.9 Å². The van der Waals surface area contributed by atoms with Gasteiger partial charge in [0.15, 0.2) is 0 Å². The molecule has 1 aromatic heterocycles. The van der Waals surface area contributed by atoms with Crippen LogP contribution in [-0.4, -0.2) is 40.0 Å². The molecule has 3 atom stereocenters. The van der Waals surface area contributed by atoms with Crippen molar-refractivity contribution in [1.82, 2.24) is 10.2 Å². The molecule has 0 spiro atoms. The van der Waals surface area contributed by atoms with E-state index in [1.807, 2.05) is 36.3 Å². The fraction of sp³-hybridized carbons (Fsp3) is 0.478. The Morgan fingerprint density at radius 1 is 1.27 bits per heavy atom. The van der Waals surface area contributed by atoms with Gasteiger partial charge in [-0.3, -0.25) is 9.59 Å². The van der Waals surface area contributed by atoms with Crippen LogP contribution in [0.1, 0.15) is 61.3 Å². The van der Waals surface area contributed by atoms with Gasteiger partial charge in [0.1, 0.15) is 5.82 Å². The molecule has 162 valence electrons. The summed E-state index contributed by atoms with van der Waals surface area (Å²) >= 11 is 1.50. The number of aliphatic hydroxyl groups is 1. The molecule has 2 amide bonds. The van der Waals surface area contributed by atoms with Gasteiger partial charge in [0.05, 0.1) is 17.7 Å². The Hall–Kier alpha value is -2.25. The molecule has 1 saturated heterocycles. The molecular weight excluding hydrogens is 403 g/mol. The number of carbonyl (C=O) groups excluding carboxylic acids is 2. The molecule has 30 heavy (non-hydrogen) atoms. The molecule has 2 heterocycles. The Morgan fingerprint density at radius 3 is 2.50 bits per heavy atom. The van der Waals surface area contributed by atoms with Crippen molar-refractivity contribution >= 4 is 23.2 Å². The van der Waals surface area contributed by atoms with Gasteiger partial charge in [-0.2, -0.15) is 0 Å². The van der Waals surface area contributed by atoms with Crippen molar-refractivity contribution in [2.45, 2.75) is 57.7 Å². The highest BCUT2D eigenvalue weighted by atomic mass is 32.1. The van der Waals surface area contributed by atoms with Gasteiger partial charge in [-0.15, -0.1) is 11.3 Å². The molecule has 1 aliphatic heterocycles. The summed E-state index contributed by atoms with van der Waals surface area (Å²) in [6, 6.07) is 7.96. The Labute approximate surface area is 180 Å². The van der Waals surface area contributed by atoms with E-state index >= 15 is 0 Å². The highest BCUT2D eigenvalue weighted by Crippen LogP contribution is 2.40. The summed E-state index contributed by atoms with van der Waals surface area (Å²) in [5, 5.41) is 16.1. The van der Waals surface area contributed by atoms with Gasteiger partial charge in [0.2, 0.25) is 5.91 Å². The third-order valence-corrected chi connectivity index (χ3v) is 6.97. The van der Waals surface area contributed by atoms with E-state index in [0.29, 0.717) is 18.5 Å². The summed E-state index contributed by atoms with van der Waals surface area (Å²) in [5.74, 6) is -0.868. The number of nitrogens with zero attached hydrogens (tertiary/aromatic N) is 1. The second kappa shape index (κ2) is 9.27. The average Bonchev–Trinajstić information content (AvgIpc) is 3.25. The van der Waals surface area contributed by atoms with Crippen LogP contribution in [0.25, 0.3) is 0 Å². The number of benzene rings is 1. The number of nitrogens with one attached hydrogen (secondary N) is 1. The molecular formula is C23H29FN2O3S. The van der Waals surface area contributed by atoms with Gasteiger partial charge in [-0.25, -0.2) is 4.39 Å². The lowest BCUT2D eigenvalue weighted by atomic mass is 9.80. The molecule has 3 rings (SSSR count). The van der Waals surface area contributed by atoms with Crippen molar-refractivity contribution in [1.29, 1.82) is 0 Å². The van der Waals surface area contributed by atoms with E-state index in [2.05, 4.69) is 5.32 Å². The van der Waals surface area contributed by atoms with E-state index in [-0.39, 0.29) is 11.8 Å². The van der Waals surface area contributed by atoms with Crippen LogP contribution in [0.4, 0.5) is 4.39 Å². The highest BCUT2D eigenvalue weighted by molar-refractivity contribution is 7.10. The van der Waals surface area contributed by atoms with Crippen molar-refractivity contribution in [3.63, 3.8) is 0 Å². The zero-order valence-electron chi connectivity index (χ0n) is 17.6. The lowest BCUT2D eigenvalue weighted by Crippen LogP contribution is -2.63. The van der Waals surface area contributed by atoms with Crippen molar-refractivity contribution in [2.24, 2.45) is 5.92 Å². The van der Waals surface area contributed by atoms with Gasteiger partial charge in [-0.1, -0.05) is 19.9 Å². The van der Waals surface area contributed by atoms with E-state index in [1.54, 1.807) is 6.92 Å². The van der Waals surface area contributed by atoms with E-state index in [9.17, 15) is 19.1 Å². The fourth-order valence-corrected chi connectivity index (χ4v) is 4.99. The predicted octanol–water partition coefficient (Wildman–Crippen LogP) is 4.15. The quantitative estimate of drug-likeness (QED) is 0.721. The predicted molar refractivity (Wildman–Crippen MR) is 116 cm³/mol. The SMILES string of the molecule is CCC(CC)C(=O)N1CC[C@@](C)(O)[C@@H](NC(=O)c2ccc(F)cc2)[C@@H]1c1cccs1. The smallest absolute Gasteiger partial charge is 0.251 e. The molecule has 1 fully saturated rings. The third-order valence-electron chi connectivity index (χ3n) is 6.03. The van der Waals surface area contributed by atoms with Crippen LogP contribution < -0.4 is 5.32 Å². The fourth-order valence-electron chi connectivity index (χ4n) is 4.12. The van der Waals surface area contributed by atoms with E-state index in [1.165, 1.54) is 35.6 Å². The number of likely N-dealkylation sites (tertiary alicyclic amines) is 1. The van der Waals surface area contributed by atoms with Gasteiger partial charge in [0, 0.05) is 22.9 Å². The topological polar surface area (TPSA) is 69.6 Å². The molecule has 2 N–H and O–H groups in total. The Balaban J connectivity index is 1.96. The Kier molecular flexibility index (Phi) is 6.93. The number of amides is 2. The number of hydrogen-bond acceptors (Lipinski definition) is 4. The molecule has 0 radical (unpaired) electrons. The summed E-state index contributed by atoms with van der Waals surface area (Å²) in [5.41, 5.74) is -0.893. The largest absolute Gasteiger partial charge is 0.388 e. The summed E-state index contributed by atoms with van der Waals surface area (Å²) in [4.78, 5) is 28.9. The van der Waals surface area contributed by atoms with Gasteiger partial charge < -0.3 is 15.3 Å². The van der Waals surface area contributed by atoms with E-state index < -0.39 is 29.4 Å². The maximum atomic E-state index is 13.3. The van der Waals surface area contributed by atoms with Crippen LogP contribution in [0.15, 0.2) is 41.8 Å². The second-order valence-electron chi connectivity index (χ2n) is 8.07. The van der Waals surface area contributed by atoms with Gasteiger partial charge in [0.25, 0.3) is 5.91 Å². The second-order valence-corrected chi connectivity index (χ2v) is 9.05. The molecule has 0 aliphatic carbocycles. The van der Waals surface area contributed by atoms with Crippen LogP contribution in [0.2, 0.25) is 0 Å². The highest BCUT2D eigenvalue weighted by Gasteiger charge is 2.48. The Morgan fingerprint density at radius 2 is 1.93 bits per heavy atom. The van der Waals surface area contributed by atoms with Crippen LogP contribution >= 0.6 is 11.3 Å². The summed E-state index contributed by atoms with van der Waals surface area (Å²) in [7, 11) is 0. The zero-order chi connectivity index (χ0) is 21.9. The van der Waals surface area contributed by atoms with Crippen molar-refractivity contribution in [2.75, 3.05) is 6.54 Å². The number of hydrogen-bond donors (Lipinski definition) is 2. The maximum absolute atomic E-state index is 13.3. The maximum Gasteiger partial charge on any atom is 0.251 e. The summed E-state index contributed by atoms with van der Waals surface area (Å²) in [6.45, 7) is 6.12. The molecule has 2 aromatic rings. The summed E-state index contributed by atoms with van der Waals surface area (Å²) in [6.07, 6.45) is 1.84. The lowest BCUT2D eigenvalue weighted by molar-refractivity contribution is -0.147. The molecule has 0 bridgehead atoms. The van der Waals surface area contributed by atoms with Crippen LogP contribution in [0, 0.1) is 11.7 Å². The number of carbonyl (C=O) groups is 2. The number of thiophene rings is 1. The van der Waals surface area contributed by atoms with Crippen LogP contribution in [0.3, 0.4) is 0 Å². The number of piperidine rings is 1. The Bertz CT molecular complexity index is 863. The first-order valence-corrected chi connectivity index (χ1v) is 11.3. The zero-order valence-corrected chi connectivity index (χ0v) is 18.4. The van der Waals surface area contributed by atoms with Crippen molar-refractivity contribution in [3.8, 4) is 0 Å². The minimum absolute atomic E-state index is 0.0509.